The van der Waals surface area contributed by atoms with Crippen LogP contribution in [0.25, 0.3) is 0 Å². The fraction of sp³-hybridized carbons (Fsp3) is 0. The van der Waals surface area contributed by atoms with Crippen molar-refractivity contribution in [3.05, 3.63) is 41.9 Å². The number of aliphatic carboxylic acids is 1. The van der Waals surface area contributed by atoms with Gasteiger partial charge in [0.25, 0.3) is 0 Å². The van der Waals surface area contributed by atoms with Crippen LogP contribution in [-0.2, 0) is 4.79 Å². The van der Waals surface area contributed by atoms with E-state index in [1.165, 1.54) is 30.3 Å². The van der Waals surface area contributed by atoms with Gasteiger partial charge in [0.15, 0.2) is 0 Å². The van der Waals surface area contributed by atoms with Crippen molar-refractivity contribution in [2.75, 3.05) is 5.32 Å². The van der Waals surface area contributed by atoms with Crippen LogP contribution in [-0.4, -0.2) is 16.8 Å². The van der Waals surface area contributed by atoms with Gasteiger partial charge in [-0.15, -0.1) is 0 Å². The van der Waals surface area contributed by atoms with E-state index in [0.29, 0.717) is 5.69 Å². The Bertz CT molecular complexity index is 515. The van der Waals surface area contributed by atoms with Crippen LogP contribution in [0.3, 0.4) is 0 Å². The molecule has 0 amide bonds. The topological polar surface area (TPSA) is 97.0 Å². The Balaban J connectivity index is 2.87. The highest BCUT2D eigenvalue weighted by Crippen LogP contribution is 2.09. The maximum Gasteiger partial charge on any atom is 0.340 e. The Labute approximate surface area is 96.3 Å². The smallest absolute Gasteiger partial charge is 0.340 e. The molecule has 0 bridgehead atoms. The molecule has 3 N–H and O–H groups in total. The van der Waals surface area contributed by atoms with Crippen LogP contribution in [0.5, 0.6) is 0 Å². The lowest BCUT2D eigenvalue weighted by molar-refractivity contribution is -0.132. The molecule has 0 aromatic heterocycles. The first-order valence-electron chi connectivity index (χ1n) is 4.49. The fourth-order valence-corrected chi connectivity index (χ4v) is 1.00. The Hall–Kier alpha value is -2.68. The first kappa shape index (κ1) is 12.4. The second kappa shape index (κ2) is 5.42. The fourth-order valence-electron chi connectivity index (χ4n) is 1.00. The molecular formula is C11H8FN3O2. The molecule has 0 unspecified atom stereocenters. The number of rotatable bonds is 4. The Morgan fingerprint density at radius 2 is 2.06 bits per heavy atom. The number of halogens is 1. The maximum absolute atomic E-state index is 12.6. The maximum atomic E-state index is 12.6. The minimum Gasteiger partial charge on any atom is -0.478 e. The largest absolute Gasteiger partial charge is 0.478 e. The molecule has 0 spiro atoms. The molecule has 0 aliphatic rings. The summed E-state index contributed by atoms with van der Waals surface area (Å²) in [5.41, 5.74) is -0.667. The quantitative estimate of drug-likeness (QED) is 0.545. The van der Waals surface area contributed by atoms with E-state index >= 15 is 0 Å². The summed E-state index contributed by atoms with van der Waals surface area (Å²) >= 11 is 0. The third kappa shape index (κ3) is 3.43. The number of nitriles is 1. The second-order valence-electron chi connectivity index (χ2n) is 3.00. The van der Waals surface area contributed by atoms with E-state index in [-0.39, 0.29) is 0 Å². The zero-order valence-corrected chi connectivity index (χ0v) is 8.57. The van der Waals surface area contributed by atoms with Gasteiger partial charge in [-0.2, -0.15) is 5.26 Å². The summed E-state index contributed by atoms with van der Waals surface area (Å²) in [6.07, 6.45) is 1.02. The molecule has 0 heterocycles. The minimum atomic E-state index is -1.38. The van der Waals surface area contributed by atoms with E-state index in [1.54, 1.807) is 0 Å². The third-order valence-electron chi connectivity index (χ3n) is 1.84. The van der Waals surface area contributed by atoms with Crippen molar-refractivity contribution in [1.82, 2.24) is 0 Å². The number of anilines is 1. The van der Waals surface area contributed by atoms with Gasteiger partial charge in [-0.05, 0) is 24.3 Å². The molecule has 1 aromatic rings. The first-order chi connectivity index (χ1) is 8.04. The molecule has 86 valence electrons. The highest BCUT2D eigenvalue weighted by molar-refractivity contribution is 6.24. The molecule has 6 heteroatoms. The van der Waals surface area contributed by atoms with E-state index < -0.39 is 23.1 Å². The van der Waals surface area contributed by atoms with Crippen molar-refractivity contribution in [2.45, 2.75) is 0 Å². The van der Waals surface area contributed by atoms with Gasteiger partial charge in [-0.3, -0.25) is 5.41 Å². The molecule has 1 aromatic carbocycles. The molecule has 17 heavy (non-hydrogen) atoms. The normalized spacial score (nSPS) is 10.5. The number of hydrogen-bond donors (Lipinski definition) is 3. The van der Waals surface area contributed by atoms with Crippen molar-refractivity contribution < 1.29 is 14.3 Å². The van der Waals surface area contributed by atoms with E-state index in [9.17, 15) is 9.18 Å². The van der Waals surface area contributed by atoms with E-state index in [1.807, 2.05) is 0 Å². The van der Waals surface area contributed by atoms with Crippen molar-refractivity contribution >= 4 is 17.4 Å². The monoisotopic (exact) mass is 233 g/mol. The summed E-state index contributed by atoms with van der Waals surface area (Å²) < 4.78 is 12.6. The molecule has 0 radical (unpaired) electrons. The molecule has 1 rings (SSSR count). The Morgan fingerprint density at radius 1 is 1.47 bits per heavy atom. The highest BCUT2D eigenvalue weighted by atomic mass is 19.1. The predicted molar refractivity (Wildman–Crippen MR) is 59.1 cm³/mol. The van der Waals surface area contributed by atoms with Gasteiger partial charge >= 0.3 is 5.97 Å². The van der Waals surface area contributed by atoms with Gasteiger partial charge in [-0.1, -0.05) is 0 Å². The molecule has 0 aliphatic carbocycles. The van der Waals surface area contributed by atoms with Crippen LogP contribution in [0.1, 0.15) is 0 Å². The number of benzene rings is 1. The zero-order chi connectivity index (χ0) is 12.8. The van der Waals surface area contributed by atoms with Crippen molar-refractivity contribution in [3.63, 3.8) is 0 Å². The molecule has 0 atom stereocenters. The van der Waals surface area contributed by atoms with Crippen molar-refractivity contribution in [3.8, 4) is 6.07 Å². The van der Waals surface area contributed by atoms with Crippen LogP contribution in [0.4, 0.5) is 10.1 Å². The molecule has 0 fully saturated rings. The predicted octanol–water partition coefficient (Wildman–Crippen LogP) is 1.75. The number of nitrogens with one attached hydrogen (secondary N) is 2. The lowest BCUT2D eigenvalue weighted by Crippen LogP contribution is -2.11. The summed E-state index contributed by atoms with van der Waals surface area (Å²) in [5, 5.41) is 26.9. The average Bonchev–Trinajstić information content (AvgIpc) is 2.31. The highest BCUT2D eigenvalue weighted by Gasteiger charge is 2.12. The van der Waals surface area contributed by atoms with Gasteiger partial charge < -0.3 is 10.4 Å². The van der Waals surface area contributed by atoms with E-state index in [2.05, 4.69) is 5.32 Å². The van der Waals surface area contributed by atoms with Crippen LogP contribution < -0.4 is 5.32 Å². The number of nitrogens with zero attached hydrogens (tertiary/aromatic N) is 1. The average molecular weight is 233 g/mol. The van der Waals surface area contributed by atoms with Crippen molar-refractivity contribution in [2.24, 2.45) is 0 Å². The number of carbonyl (C=O) groups is 1. The van der Waals surface area contributed by atoms with Gasteiger partial charge in [0.1, 0.15) is 23.2 Å². The summed E-state index contributed by atoms with van der Waals surface area (Å²) in [4.78, 5) is 10.7. The first-order valence-corrected chi connectivity index (χ1v) is 4.49. The van der Waals surface area contributed by atoms with Crippen LogP contribution in [0.2, 0.25) is 0 Å². The molecule has 0 saturated heterocycles. The summed E-state index contributed by atoms with van der Waals surface area (Å²) in [7, 11) is 0. The molecule has 0 saturated carbocycles. The standard InChI is InChI=1S/C11H8FN3O2/c12-7-1-3-8(4-2-7)15-6-9(11(16)17)10(14)5-13/h1-4,6,14-15H,(H,16,17)/b9-6+,14-10?. The van der Waals surface area contributed by atoms with Crippen LogP contribution >= 0.6 is 0 Å². The second-order valence-corrected chi connectivity index (χ2v) is 3.00. The Kier molecular flexibility index (Phi) is 3.95. The van der Waals surface area contributed by atoms with Crippen molar-refractivity contribution in [1.29, 1.82) is 10.7 Å². The lowest BCUT2D eigenvalue weighted by Gasteiger charge is -2.02. The lowest BCUT2D eigenvalue weighted by atomic mass is 10.2. The van der Waals surface area contributed by atoms with E-state index in [4.69, 9.17) is 15.8 Å². The zero-order valence-electron chi connectivity index (χ0n) is 8.57. The molecular weight excluding hydrogens is 225 g/mol. The number of hydrogen-bond acceptors (Lipinski definition) is 4. The van der Waals surface area contributed by atoms with Gasteiger partial charge in [-0.25, -0.2) is 9.18 Å². The number of carboxylic acids is 1. The molecule has 0 aliphatic heterocycles. The number of carboxylic acid groups (broad SMARTS) is 1. The van der Waals surface area contributed by atoms with Gasteiger partial charge in [0.05, 0.1) is 0 Å². The van der Waals surface area contributed by atoms with Crippen LogP contribution in [0.15, 0.2) is 36.0 Å². The van der Waals surface area contributed by atoms with E-state index in [0.717, 1.165) is 6.20 Å². The minimum absolute atomic E-state index is 0.414. The summed E-state index contributed by atoms with van der Waals surface area (Å²) in [6, 6.07) is 6.64. The molecule has 5 nitrogen and oxygen atoms in total. The summed E-state index contributed by atoms with van der Waals surface area (Å²) in [6.45, 7) is 0. The summed E-state index contributed by atoms with van der Waals surface area (Å²) in [5.74, 6) is -1.80. The SMILES string of the molecule is N#CC(=N)/C(=C\Nc1ccc(F)cc1)C(=O)O. The van der Waals surface area contributed by atoms with Gasteiger partial charge in [0.2, 0.25) is 0 Å². The van der Waals surface area contributed by atoms with Gasteiger partial charge in [0, 0.05) is 11.9 Å². The third-order valence-corrected chi connectivity index (χ3v) is 1.84. The Morgan fingerprint density at radius 3 is 2.53 bits per heavy atom. The van der Waals surface area contributed by atoms with Crippen LogP contribution in [0, 0.1) is 22.6 Å².